The van der Waals surface area contributed by atoms with Crippen molar-refractivity contribution in [1.29, 1.82) is 0 Å². The molecule has 2 N–H and O–H groups in total. The first-order valence-electron chi connectivity index (χ1n) is 6.30. The van der Waals surface area contributed by atoms with Gasteiger partial charge in [0.15, 0.2) is 0 Å². The number of hydrogen-bond acceptors (Lipinski definition) is 4. The van der Waals surface area contributed by atoms with E-state index in [9.17, 15) is 10.1 Å². The number of hydrogen-bond donors (Lipinski definition) is 1. The van der Waals surface area contributed by atoms with Crippen LogP contribution in [-0.2, 0) is 6.54 Å². The van der Waals surface area contributed by atoms with E-state index in [1.807, 2.05) is 12.1 Å². The van der Waals surface area contributed by atoms with Crippen molar-refractivity contribution in [3.63, 3.8) is 0 Å². The molecule has 5 nitrogen and oxygen atoms in total. The predicted molar refractivity (Wildman–Crippen MR) is 70.2 cm³/mol. The zero-order valence-electron chi connectivity index (χ0n) is 10.6. The zero-order valence-corrected chi connectivity index (χ0v) is 10.6. The van der Waals surface area contributed by atoms with Crippen LogP contribution in [0.15, 0.2) is 24.3 Å². The summed E-state index contributed by atoms with van der Waals surface area (Å²) in [7, 11) is 0. The van der Waals surface area contributed by atoms with Gasteiger partial charge in [-0.05, 0) is 19.8 Å². The van der Waals surface area contributed by atoms with Crippen LogP contribution < -0.4 is 5.73 Å². The summed E-state index contributed by atoms with van der Waals surface area (Å²) in [4.78, 5) is 12.9. The van der Waals surface area contributed by atoms with Gasteiger partial charge in [0.05, 0.1) is 4.92 Å². The summed E-state index contributed by atoms with van der Waals surface area (Å²) in [5.74, 6) is 0. The summed E-state index contributed by atoms with van der Waals surface area (Å²) in [6.45, 7) is 3.67. The first-order chi connectivity index (χ1) is 8.58. The van der Waals surface area contributed by atoms with Gasteiger partial charge < -0.3 is 5.73 Å². The molecule has 2 unspecified atom stereocenters. The average molecular weight is 249 g/mol. The molecule has 1 fully saturated rings. The quantitative estimate of drug-likeness (QED) is 0.656. The second-order valence-corrected chi connectivity index (χ2v) is 4.99. The maximum atomic E-state index is 11.0. The number of nitro groups is 1. The Labute approximate surface area is 107 Å². The maximum absolute atomic E-state index is 11.0. The number of piperidine rings is 1. The summed E-state index contributed by atoms with van der Waals surface area (Å²) in [5, 5.41) is 11.0. The third kappa shape index (κ3) is 2.86. The molecule has 1 aromatic carbocycles. The summed E-state index contributed by atoms with van der Waals surface area (Å²) in [5.41, 5.74) is 6.91. The van der Waals surface area contributed by atoms with E-state index in [-0.39, 0.29) is 16.7 Å². The molecule has 1 aliphatic rings. The summed E-state index contributed by atoms with van der Waals surface area (Å²) < 4.78 is 0. The van der Waals surface area contributed by atoms with E-state index in [0.29, 0.717) is 12.6 Å². The predicted octanol–water partition coefficient (Wildman–Crippen LogP) is 1.91. The van der Waals surface area contributed by atoms with Crippen LogP contribution >= 0.6 is 0 Å². The molecular weight excluding hydrogens is 230 g/mol. The molecule has 98 valence electrons. The molecule has 1 saturated heterocycles. The van der Waals surface area contributed by atoms with Crippen LogP contribution in [0.2, 0.25) is 0 Å². The molecule has 0 bridgehead atoms. The van der Waals surface area contributed by atoms with Crippen LogP contribution in [-0.4, -0.2) is 28.5 Å². The van der Waals surface area contributed by atoms with Crippen LogP contribution in [0.25, 0.3) is 0 Å². The molecule has 1 heterocycles. The molecule has 18 heavy (non-hydrogen) atoms. The lowest BCUT2D eigenvalue weighted by atomic mass is 9.98. The fourth-order valence-corrected chi connectivity index (χ4v) is 2.53. The fourth-order valence-electron chi connectivity index (χ4n) is 2.53. The van der Waals surface area contributed by atoms with Gasteiger partial charge in [0.1, 0.15) is 0 Å². The van der Waals surface area contributed by atoms with E-state index in [1.165, 1.54) is 0 Å². The van der Waals surface area contributed by atoms with Crippen LogP contribution in [0.3, 0.4) is 0 Å². The fraction of sp³-hybridized carbons (Fsp3) is 0.538. The first-order valence-corrected chi connectivity index (χ1v) is 6.30. The van der Waals surface area contributed by atoms with E-state index in [2.05, 4.69) is 11.8 Å². The molecule has 0 aromatic heterocycles. The number of nitrogens with two attached hydrogens (primary N) is 1. The molecule has 0 amide bonds. The molecule has 0 radical (unpaired) electrons. The van der Waals surface area contributed by atoms with Crippen LogP contribution in [0.4, 0.5) is 5.69 Å². The smallest absolute Gasteiger partial charge is 0.273 e. The van der Waals surface area contributed by atoms with Gasteiger partial charge in [-0.2, -0.15) is 0 Å². The highest BCUT2D eigenvalue weighted by molar-refractivity contribution is 5.39. The van der Waals surface area contributed by atoms with E-state index in [4.69, 9.17) is 5.73 Å². The third-order valence-electron chi connectivity index (χ3n) is 3.62. The van der Waals surface area contributed by atoms with Crippen molar-refractivity contribution in [1.82, 2.24) is 4.90 Å². The van der Waals surface area contributed by atoms with Gasteiger partial charge in [-0.25, -0.2) is 0 Å². The highest BCUT2D eigenvalue weighted by atomic mass is 16.6. The minimum Gasteiger partial charge on any atom is -0.328 e. The third-order valence-corrected chi connectivity index (χ3v) is 3.62. The lowest BCUT2D eigenvalue weighted by Gasteiger charge is -2.36. The number of nitro benzene ring substituents is 1. The molecule has 2 rings (SSSR count). The van der Waals surface area contributed by atoms with Crippen molar-refractivity contribution in [2.45, 2.75) is 38.4 Å². The minimum atomic E-state index is -0.310. The molecule has 0 saturated carbocycles. The van der Waals surface area contributed by atoms with Crippen LogP contribution in [0.1, 0.15) is 25.3 Å². The van der Waals surface area contributed by atoms with Gasteiger partial charge in [-0.15, -0.1) is 0 Å². The van der Waals surface area contributed by atoms with Gasteiger partial charge >= 0.3 is 0 Å². The molecular formula is C13H19N3O2. The average Bonchev–Trinajstić information content (AvgIpc) is 2.33. The minimum absolute atomic E-state index is 0.208. The van der Waals surface area contributed by atoms with Crippen molar-refractivity contribution in [2.24, 2.45) is 5.73 Å². The lowest BCUT2D eigenvalue weighted by molar-refractivity contribution is -0.385. The normalized spacial score (nSPS) is 25.0. The molecule has 0 spiro atoms. The Bertz CT molecular complexity index is 436. The number of para-hydroxylation sites is 1. The van der Waals surface area contributed by atoms with E-state index >= 15 is 0 Å². The molecule has 2 atom stereocenters. The molecule has 1 aromatic rings. The number of likely N-dealkylation sites (tertiary alicyclic amines) is 1. The van der Waals surface area contributed by atoms with Gasteiger partial charge in [-0.3, -0.25) is 15.0 Å². The highest BCUT2D eigenvalue weighted by Gasteiger charge is 2.25. The first kappa shape index (κ1) is 13.0. The van der Waals surface area contributed by atoms with E-state index < -0.39 is 0 Å². The van der Waals surface area contributed by atoms with Gasteiger partial charge in [0.2, 0.25) is 0 Å². The van der Waals surface area contributed by atoms with Crippen molar-refractivity contribution >= 4 is 5.69 Å². The summed E-state index contributed by atoms with van der Waals surface area (Å²) >= 11 is 0. The van der Waals surface area contributed by atoms with Crippen LogP contribution in [0.5, 0.6) is 0 Å². The lowest BCUT2D eigenvalue weighted by Crippen LogP contribution is -2.45. The number of rotatable bonds is 3. The highest BCUT2D eigenvalue weighted by Crippen LogP contribution is 2.23. The number of nitrogens with zero attached hydrogens (tertiary/aromatic N) is 2. The molecule has 1 aliphatic heterocycles. The Morgan fingerprint density at radius 2 is 2.22 bits per heavy atom. The Kier molecular flexibility index (Phi) is 3.93. The SMILES string of the molecule is CC1CC(N)CCN1Cc1ccccc1[N+](=O)[O-]. The standard InChI is InChI=1S/C13H19N3O2/c1-10-8-12(14)6-7-15(10)9-11-4-2-3-5-13(11)16(17)18/h2-5,10,12H,6-9,14H2,1H3. The largest absolute Gasteiger partial charge is 0.328 e. The Morgan fingerprint density at radius 3 is 2.89 bits per heavy atom. The zero-order chi connectivity index (χ0) is 13.1. The summed E-state index contributed by atoms with van der Waals surface area (Å²) in [6, 6.07) is 7.60. The Hall–Kier alpha value is -1.46. The maximum Gasteiger partial charge on any atom is 0.273 e. The Balaban J connectivity index is 2.12. The van der Waals surface area contributed by atoms with Crippen LogP contribution in [0, 0.1) is 10.1 Å². The molecule has 0 aliphatic carbocycles. The van der Waals surface area contributed by atoms with Crippen molar-refractivity contribution < 1.29 is 4.92 Å². The van der Waals surface area contributed by atoms with Gasteiger partial charge in [-0.1, -0.05) is 18.2 Å². The van der Waals surface area contributed by atoms with E-state index in [1.54, 1.807) is 12.1 Å². The molecule has 5 heteroatoms. The number of benzene rings is 1. The monoisotopic (exact) mass is 249 g/mol. The van der Waals surface area contributed by atoms with Crippen molar-refractivity contribution in [3.8, 4) is 0 Å². The Morgan fingerprint density at radius 1 is 1.50 bits per heavy atom. The summed E-state index contributed by atoms with van der Waals surface area (Å²) in [6.07, 6.45) is 1.92. The van der Waals surface area contributed by atoms with Gasteiger partial charge in [0, 0.05) is 36.8 Å². The van der Waals surface area contributed by atoms with E-state index in [0.717, 1.165) is 24.9 Å². The van der Waals surface area contributed by atoms with Crippen molar-refractivity contribution in [3.05, 3.63) is 39.9 Å². The van der Waals surface area contributed by atoms with Gasteiger partial charge in [0.25, 0.3) is 5.69 Å². The topological polar surface area (TPSA) is 72.4 Å². The second-order valence-electron chi connectivity index (χ2n) is 4.99. The second kappa shape index (κ2) is 5.46. The van der Waals surface area contributed by atoms with Crippen molar-refractivity contribution in [2.75, 3.05) is 6.54 Å².